The lowest BCUT2D eigenvalue weighted by Crippen LogP contribution is -2.25. The van der Waals surface area contributed by atoms with Gasteiger partial charge in [-0.3, -0.25) is 4.79 Å². The summed E-state index contributed by atoms with van der Waals surface area (Å²) >= 11 is 0. The summed E-state index contributed by atoms with van der Waals surface area (Å²) in [5.74, 6) is -1.28. The Balaban J connectivity index is 1.73. The number of alkyl halides is 3. The van der Waals surface area contributed by atoms with Crippen molar-refractivity contribution in [2.24, 2.45) is 0 Å². The van der Waals surface area contributed by atoms with Gasteiger partial charge in [0.2, 0.25) is 5.82 Å². The number of para-hydroxylation sites is 1. The van der Waals surface area contributed by atoms with Gasteiger partial charge in [-0.1, -0.05) is 18.2 Å². The van der Waals surface area contributed by atoms with Gasteiger partial charge in [0, 0.05) is 12.1 Å². The van der Waals surface area contributed by atoms with Crippen LogP contribution in [0.4, 0.5) is 17.6 Å². The Kier molecular flexibility index (Phi) is 5.30. The third-order valence-electron chi connectivity index (χ3n) is 3.68. The van der Waals surface area contributed by atoms with Gasteiger partial charge in [0.15, 0.2) is 0 Å². The molecule has 2 aromatic carbocycles. The van der Waals surface area contributed by atoms with Gasteiger partial charge >= 0.3 is 6.36 Å². The zero-order valence-corrected chi connectivity index (χ0v) is 14.5. The van der Waals surface area contributed by atoms with Crippen molar-refractivity contribution in [1.82, 2.24) is 20.1 Å². The SMILES string of the molecule is Cc1nc(C(=O)NCc2ccccc2OC(F)(F)F)nn1-c1ccc(F)cc1. The Morgan fingerprint density at radius 3 is 2.50 bits per heavy atom. The van der Waals surface area contributed by atoms with Crippen LogP contribution in [0.3, 0.4) is 0 Å². The van der Waals surface area contributed by atoms with Crippen LogP contribution in [-0.2, 0) is 6.54 Å². The average molecular weight is 394 g/mol. The molecule has 10 heteroatoms. The molecule has 0 spiro atoms. The number of carbonyl (C=O) groups excluding carboxylic acids is 1. The van der Waals surface area contributed by atoms with E-state index in [0.717, 1.165) is 6.07 Å². The van der Waals surface area contributed by atoms with Crippen molar-refractivity contribution in [2.75, 3.05) is 0 Å². The van der Waals surface area contributed by atoms with Crippen molar-refractivity contribution < 1.29 is 27.1 Å². The van der Waals surface area contributed by atoms with E-state index in [2.05, 4.69) is 20.1 Å². The lowest BCUT2D eigenvalue weighted by Gasteiger charge is -2.13. The number of nitrogens with zero attached hydrogens (tertiary/aromatic N) is 3. The third kappa shape index (κ3) is 4.64. The van der Waals surface area contributed by atoms with Crippen LogP contribution in [-0.4, -0.2) is 27.0 Å². The van der Waals surface area contributed by atoms with E-state index in [1.165, 1.54) is 47.1 Å². The fourth-order valence-electron chi connectivity index (χ4n) is 2.44. The second kappa shape index (κ2) is 7.67. The first-order chi connectivity index (χ1) is 13.2. The van der Waals surface area contributed by atoms with Gasteiger partial charge in [-0.15, -0.1) is 18.3 Å². The number of hydrogen-bond donors (Lipinski definition) is 1. The summed E-state index contributed by atoms with van der Waals surface area (Å²) in [6, 6.07) is 10.9. The van der Waals surface area contributed by atoms with E-state index in [4.69, 9.17) is 0 Å². The fraction of sp³-hybridized carbons (Fsp3) is 0.167. The average Bonchev–Trinajstić information content (AvgIpc) is 3.02. The molecule has 0 bridgehead atoms. The highest BCUT2D eigenvalue weighted by molar-refractivity contribution is 5.90. The van der Waals surface area contributed by atoms with Crippen molar-refractivity contribution in [2.45, 2.75) is 19.8 Å². The predicted octanol–water partition coefficient (Wildman–Crippen LogP) is 3.54. The van der Waals surface area contributed by atoms with Crippen LogP contribution in [0, 0.1) is 12.7 Å². The van der Waals surface area contributed by atoms with Gasteiger partial charge in [-0.25, -0.2) is 14.1 Å². The molecule has 0 aliphatic carbocycles. The van der Waals surface area contributed by atoms with Gasteiger partial charge < -0.3 is 10.1 Å². The maximum absolute atomic E-state index is 13.0. The molecule has 0 saturated carbocycles. The summed E-state index contributed by atoms with van der Waals surface area (Å²) in [5, 5.41) is 6.52. The normalized spacial score (nSPS) is 11.3. The van der Waals surface area contributed by atoms with Gasteiger partial charge in [-0.05, 0) is 37.3 Å². The monoisotopic (exact) mass is 394 g/mol. The molecule has 146 valence electrons. The van der Waals surface area contributed by atoms with Crippen molar-refractivity contribution in [3.63, 3.8) is 0 Å². The van der Waals surface area contributed by atoms with Crippen molar-refractivity contribution in [3.05, 3.63) is 71.6 Å². The van der Waals surface area contributed by atoms with Crippen LogP contribution in [0.15, 0.2) is 48.5 Å². The molecule has 1 heterocycles. The highest BCUT2D eigenvalue weighted by atomic mass is 19.4. The second-order valence-electron chi connectivity index (χ2n) is 5.71. The lowest BCUT2D eigenvalue weighted by atomic mass is 10.2. The molecule has 0 fully saturated rings. The minimum atomic E-state index is -4.84. The number of halogens is 4. The highest BCUT2D eigenvalue weighted by Crippen LogP contribution is 2.26. The first-order valence-corrected chi connectivity index (χ1v) is 8.04. The number of benzene rings is 2. The van der Waals surface area contributed by atoms with Gasteiger partial charge in [0.25, 0.3) is 5.91 Å². The van der Waals surface area contributed by atoms with E-state index >= 15 is 0 Å². The number of rotatable bonds is 5. The van der Waals surface area contributed by atoms with Crippen molar-refractivity contribution >= 4 is 5.91 Å². The quantitative estimate of drug-likeness (QED) is 0.672. The maximum atomic E-state index is 13.0. The molecule has 0 aliphatic heterocycles. The van der Waals surface area contributed by atoms with Crippen molar-refractivity contribution in [3.8, 4) is 11.4 Å². The van der Waals surface area contributed by atoms with Crippen LogP contribution in [0.25, 0.3) is 5.69 Å². The topological polar surface area (TPSA) is 69.0 Å². The van der Waals surface area contributed by atoms with E-state index in [1.54, 1.807) is 6.92 Å². The minimum Gasteiger partial charge on any atom is -0.405 e. The Morgan fingerprint density at radius 1 is 1.14 bits per heavy atom. The van der Waals surface area contributed by atoms with Crippen LogP contribution in [0.2, 0.25) is 0 Å². The smallest absolute Gasteiger partial charge is 0.405 e. The fourth-order valence-corrected chi connectivity index (χ4v) is 2.44. The Hall–Kier alpha value is -3.43. The maximum Gasteiger partial charge on any atom is 0.573 e. The second-order valence-corrected chi connectivity index (χ2v) is 5.71. The Labute approximate surface area is 156 Å². The summed E-state index contributed by atoms with van der Waals surface area (Å²) in [5.41, 5.74) is 0.650. The van der Waals surface area contributed by atoms with E-state index in [0.29, 0.717) is 11.5 Å². The summed E-state index contributed by atoms with van der Waals surface area (Å²) in [4.78, 5) is 16.3. The van der Waals surface area contributed by atoms with Gasteiger partial charge in [0.1, 0.15) is 17.4 Å². The van der Waals surface area contributed by atoms with Gasteiger partial charge in [-0.2, -0.15) is 0 Å². The van der Waals surface area contributed by atoms with Crippen LogP contribution in [0.1, 0.15) is 22.0 Å². The zero-order valence-electron chi connectivity index (χ0n) is 14.5. The molecule has 0 unspecified atom stereocenters. The largest absolute Gasteiger partial charge is 0.573 e. The molecule has 0 atom stereocenters. The van der Waals surface area contributed by atoms with E-state index in [9.17, 15) is 22.4 Å². The number of ether oxygens (including phenoxy) is 1. The predicted molar refractivity (Wildman–Crippen MR) is 90.3 cm³/mol. The first kappa shape index (κ1) is 19.3. The summed E-state index contributed by atoms with van der Waals surface area (Å²) < 4.78 is 55.7. The Bertz CT molecular complexity index is 984. The summed E-state index contributed by atoms with van der Waals surface area (Å²) in [7, 11) is 0. The molecule has 28 heavy (non-hydrogen) atoms. The number of aryl methyl sites for hydroxylation is 1. The molecule has 0 saturated heterocycles. The third-order valence-corrected chi connectivity index (χ3v) is 3.68. The number of hydrogen-bond acceptors (Lipinski definition) is 4. The number of aromatic nitrogens is 3. The summed E-state index contributed by atoms with van der Waals surface area (Å²) in [6.07, 6.45) is -4.84. The molecule has 1 amide bonds. The standard InChI is InChI=1S/C18H14F4N4O2/c1-11-24-16(25-26(11)14-8-6-13(19)7-9-14)17(27)23-10-12-4-2-3-5-15(12)28-18(20,21)22/h2-9H,10H2,1H3,(H,23,27). The molecule has 0 radical (unpaired) electrons. The number of nitrogens with one attached hydrogen (secondary N) is 1. The lowest BCUT2D eigenvalue weighted by molar-refractivity contribution is -0.274. The molecule has 0 aliphatic rings. The summed E-state index contributed by atoms with van der Waals surface area (Å²) in [6.45, 7) is 1.40. The molecule has 3 aromatic rings. The highest BCUT2D eigenvalue weighted by Gasteiger charge is 2.32. The van der Waals surface area contributed by atoms with E-state index < -0.39 is 23.8 Å². The van der Waals surface area contributed by atoms with Gasteiger partial charge in [0.05, 0.1) is 5.69 Å². The molecule has 6 nitrogen and oxygen atoms in total. The first-order valence-electron chi connectivity index (χ1n) is 8.04. The van der Waals surface area contributed by atoms with Crippen LogP contribution in [0.5, 0.6) is 5.75 Å². The molecule has 1 aromatic heterocycles. The molecule has 1 N–H and O–H groups in total. The zero-order chi connectivity index (χ0) is 20.3. The number of amides is 1. The van der Waals surface area contributed by atoms with E-state index in [-0.39, 0.29) is 17.9 Å². The van der Waals surface area contributed by atoms with Crippen LogP contribution >= 0.6 is 0 Å². The number of carbonyl (C=O) groups is 1. The minimum absolute atomic E-state index is 0.142. The van der Waals surface area contributed by atoms with Crippen LogP contribution < -0.4 is 10.1 Å². The molecule has 3 rings (SSSR count). The van der Waals surface area contributed by atoms with Crippen molar-refractivity contribution in [1.29, 1.82) is 0 Å². The van der Waals surface area contributed by atoms with E-state index in [1.807, 2.05) is 0 Å². The Morgan fingerprint density at radius 2 is 1.82 bits per heavy atom. The molecular weight excluding hydrogens is 380 g/mol. The molecular formula is C18H14F4N4O2.